The molecule has 0 heterocycles. The molecule has 0 radical (unpaired) electrons. The molecule has 0 aliphatic carbocycles. The zero-order valence-corrected chi connectivity index (χ0v) is 15.2. The van der Waals surface area contributed by atoms with Crippen LogP contribution in [0.2, 0.25) is 0 Å². The van der Waals surface area contributed by atoms with Crippen molar-refractivity contribution in [1.29, 1.82) is 0 Å². The first-order chi connectivity index (χ1) is 14.4. The zero-order valence-electron chi connectivity index (χ0n) is 14.4. The van der Waals surface area contributed by atoms with E-state index in [4.69, 9.17) is 4.55 Å². The maximum absolute atomic E-state index is 13.3. The monoisotopic (exact) mass is 574 g/mol. The quantitative estimate of drug-likeness (QED) is 0.205. The summed E-state index contributed by atoms with van der Waals surface area (Å²) in [5, 5.41) is -6.71. The van der Waals surface area contributed by atoms with Crippen LogP contribution in [-0.4, -0.2) is 54.0 Å². The summed E-state index contributed by atoms with van der Waals surface area (Å²) < 4.78 is 272. The van der Waals surface area contributed by atoms with Gasteiger partial charge in [0.1, 0.15) is 0 Å². The van der Waals surface area contributed by atoms with Gasteiger partial charge in [-0.2, -0.15) is 74.3 Å². The third-order valence-corrected chi connectivity index (χ3v) is 4.19. The second-order valence-electron chi connectivity index (χ2n) is 5.62. The van der Waals surface area contributed by atoms with E-state index >= 15 is 0 Å². The number of hydrogen-bond acceptors (Lipinski definition) is 2. The number of halogens is 19. The minimum Gasteiger partial charge on any atom is -0.281 e. The highest BCUT2D eigenvalue weighted by atomic mass is 32.2. The van der Waals surface area contributed by atoms with Gasteiger partial charge in [-0.05, 0) is 0 Å². The lowest BCUT2D eigenvalue weighted by molar-refractivity contribution is -0.437. The van der Waals surface area contributed by atoms with Crippen molar-refractivity contribution >= 4 is 10.1 Å². The Morgan fingerprint density at radius 3 is 1.09 bits per heavy atom. The fourth-order valence-corrected chi connectivity index (χ4v) is 1.79. The van der Waals surface area contributed by atoms with Crippen LogP contribution in [0.1, 0.15) is 0 Å². The number of allylic oxidation sites excluding steroid dienone is 3. The maximum atomic E-state index is 13.3. The van der Waals surface area contributed by atoms with Crippen LogP contribution in [0, 0.1) is 0 Å². The van der Waals surface area contributed by atoms with Crippen LogP contribution in [0.5, 0.6) is 0 Å². The third-order valence-electron chi connectivity index (χ3n) is 3.37. The Kier molecular flexibility index (Phi) is 7.85. The molecule has 34 heavy (non-hydrogen) atoms. The van der Waals surface area contributed by atoms with Crippen LogP contribution in [0.15, 0.2) is 23.3 Å². The second-order valence-corrected chi connectivity index (χ2v) is 7.08. The number of alkyl halides is 15. The van der Waals surface area contributed by atoms with Crippen LogP contribution in [0.3, 0.4) is 0 Å². The Bertz CT molecular complexity index is 970. The predicted molar refractivity (Wildman–Crippen MR) is 65.8 cm³/mol. The molecule has 0 aliphatic heterocycles. The Labute approximate surface area is 172 Å². The van der Waals surface area contributed by atoms with Gasteiger partial charge in [0.15, 0.2) is 5.83 Å². The molecular formula is C11HF19O3S. The van der Waals surface area contributed by atoms with Crippen LogP contribution in [-0.2, 0) is 10.1 Å². The van der Waals surface area contributed by atoms with Crippen molar-refractivity contribution in [2.24, 2.45) is 0 Å². The third kappa shape index (κ3) is 4.39. The molecule has 0 bridgehead atoms. The number of hydrogen-bond donors (Lipinski definition) is 1. The molecule has 0 amide bonds. The summed E-state index contributed by atoms with van der Waals surface area (Å²) in [5.74, 6) is -61.7. The van der Waals surface area contributed by atoms with Gasteiger partial charge in [-0.1, -0.05) is 0 Å². The van der Waals surface area contributed by atoms with Crippen molar-refractivity contribution in [2.75, 3.05) is 0 Å². The van der Waals surface area contributed by atoms with Crippen molar-refractivity contribution in [3.8, 4) is 0 Å². The van der Waals surface area contributed by atoms with Gasteiger partial charge in [-0.15, -0.1) is 0 Å². The van der Waals surface area contributed by atoms with E-state index in [1.165, 1.54) is 0 Å². The normalized spacial score (nSPS) is 17.4. The van der Waals surface area contributed by atoms with E-state index in [1.54, 1.807) is 0 Å². The first-order valence-electron chi connectivity index (χ1n) is 6.81. The molecule has 23 heteroatoms. The van der Waals surface area contributed by atoms with Gasteiger partial charge >= 0.3 is 51.2 Å². The van der Waals surface area contributed by atoms with Crippen molar-refractivity contribution < 1.29 is 96.4 Å². The summed E-state index contributed by atoms with van der Waals surface area (Å²) in [6, 6.07) is 0. The Morgan fingerprint density at radius 2 is 0.794 bits per heavy atom. The molecule has 0 atom stereocenters. The van der Waals surface area contributed by atoms with E-state index in [0.29, 0.717) is 0 Å². The molecular weight excluding hydrogens is 573 g/mol. The zero-order chi connectivity index (χ0) is 28.3. The van der Waals surface area contributed by atoms with Gasteiger partial charge in [0.2, 0.25) is 17.5 Å². The van der Waals surface area contributed by atoms with Crippen molar-refractivity contribution in [1.82, 2.24) is 0 Å². The van der Waals surface area contributed by atoms with E-state index in [-0.39, 0.29) is 0 Å². The molecule has 0 rings (SSSR count). The van der Waals surface area contributed by atoms with Gasteiger partial charge in [0, 0.05) is 0 Å². The average Bonchev–Trinajstić information content (AvgIpc) is 2.62. The molecule has 0 saturated heterocycles. The van der Waals surface area contributed by atoms with Crippen molar-refractivity contribution in [3.05, 3.63) is 23.3 Å². The van der Waals surface area contributed by atoms with Crippen LogP contribution < -0.4 is 0 Å². The molecule has 0 aromatic rings. The predicted octanol–water partition coefficient (Wildman–Crippen LogP) is 6.51. The molecule has 0 aromatic carbocycles. The highest BCUT2D eigenvalue weighted by Crippen LogP contribution is 2.61. The van der Waals surface area contributed by atoms with Gasteiger partial charge in [-0.3, -0.25) is 4.55 Å². The maximum Gasteiger partial charge on any atom is 0.460 e. The minimum absolute atomic E-state index is 4.61. The fraction of sp³-hybridized carbons (Fsp3) is 0.636. The summed E-state index contributed by atoms with van der Waals surface area (Å²) in [6.07, 6.45) is -7.87. The lowest BCUT2D eigenvalue weighted by atomic mass is 9.93. The van der Waals surface area contributed by atoms with E-state index in [0.717, 1.165) is 0 Å². The molecule has 0 fully saturated rings. The molecule has 0 aliphatic rings. The Balaban J connectivity index is 7.04. The van der Waals surface area contributed by atoms with Crippen molar-refractivity contribution in [3.63, 3.8) is 0 Å². The molecule has 0 spiro atoms. The smallest absolute Gasteiger partial charge is 0.281 e. The van der Waals surface area contributed by atoms with Crippen LogP contribution >= 0.6 is 0 Å². The van der Waals surface area contributed by atoms with Gasteiger partial charge in [-0.25, -0.2) is 17.6 Å². The lowest BCUT2D eigenvalue weighted by Gasteiger charge is -2.39. The second kappa shape index (κ2) is 8.33. The standard InChI is InChI=1S/C11HF19O3S/c12-1(2(13)4(15)6(18,19)34(31,32)33)3(14)5(16,17)7(20,21)8(22,23)9(24,25)10(26,27)11(28,29)30/h(H,31,32,33)/b3-1+,4-2+. The first kappa shape index (κ1) is 32.1. The van der Waals surface area contributed by atoms with E-state index < -0.39 is 74.5 Å². The first-order valence-corrected chi connectivity index (χ1v) is 8.25. The molecule has 0 aromatic heterocycles. The molecule has 3 nitrogen and oxygen atoms in total. The van der Waals surface area contributed by atoms with Gasteiger partial charge in [0.25, 0.3) is 0 Å². The van der Waals surface area contributed by atoms with E-state index in [9.17, 15) is 91.8 Å². The number of rotatable bonds is 8. The van der Waals surface area contributed by atoms with Gasteiger partial charge < -0.3 is 0 Å². The topological polar surface area (TPSA) is 54.4 Å². The molecule has 0 saturated carbocycles. The van der Waals surface area contributed by atoms with Crippen LogP contribution in [0.4, 0.5) is 83.4 Å². The lowest BCUT2D eigenvalue weighted by Crippen LogP contribution is -2.70. The highest BCUT2D eigenvalue weighted by Gasteiger charge is 2.91. The minimum atomic E-state index is -8.71. The SMILES string of the molecule is O=S(=O)(O)C(F)(F)/C(F)=C(F)/C(F)=C(\F)C(F)(F)C(F)(F)C(F)(F)C(F)(F)C(F)(F)C(F)(F)F. The summed E-state index contributed by atoms with van der Waals surface area (Å²) in [6.45, 7) is 0. The molecule has 1 N–H and O–H groups in total. The van der Waals surface area contributed by atoms with E-state index in [2.05, 4.69) is 0 Å². The summed E-state index contributed by atoms with van der Waals surface area (Å²) >= 11 is 0. The fourth-order valence-electron chi connectivity index (χ4n) is 1.48. The van der Waals surface area contributed by atoms with Crippen molar-refractivity contribution in [2.45, 2.75) is 41.0 Å². The summed E-state index contributed by atoms with van der Waals surface area (Å²) in [7, 11) is -7.21. The Hall–Kier alpha value is -1.94. The highest BCUT2D eigenvalue weighted by molar-refractivity contribution is 7.87. The Morgan fingerprint density at radius 1 is 0.500 bits per heavy atom. The summed E-state index contributed by atoms with van der Waals surface area (Å²) in [4.78, 5) is 0. The van der Waals surface area contributed by atoms with Crippen LogP contribution in [0.25, 0.3) is 0 Å². The average molecular weight is 574 g/mol. The largest absolute Gasteiger partial charge is 0.460 e. The molecule has 0 unspecified atom stereocenters. The molecule has 202 valence electrons. The van der Waals surface area contributed by atoms with Gasteiger partial charge in [0.05, 0.1) is 0 Å². The van der Waals surface area contributed by atoms with E-state index in [1.807, 2.05) is 0 Å². The summed E-state index contributed by atoms with van der Waals surface area (Å²) in [5.41, 5.74) is 0.